The first-order valence-electron chi connectivity index (χ1n) is 10.3. The highest BCUT2D eigenvalue weighted by atomic mass is 16.2. The quantitative estimate of drug-likeness (QED) is 0.494. The first-order chi connectivity index (χ1) is 14.4. The van der Waals surface area contributed by atoms with Crippen molar-refractivity contribution in [3.63, 3.8) is 0 Å². The fraction of sp³-hybridized carbons (Fsp3) is 0.375. The number of hydrogen-bond acceptors (Lipinski definition) is 4. The molecule has 2 amide bonds. The molecule has 2 unspecified atom stereocenters. The van der Waals surface area contributed by atoms with Crippen LogP contribution in [0.3, 0.4) is 0 Å². The van der Waals surface area contributed by atoms with Gasteiger partial charge in [0.2, 0.25) is 11.8 Å². The fourth-order valence-corrected chi connectivity index (χ4v) is 3.24. The molecule has 0 heterocycles. The predicted molar refractivity (Wildman–Crippen MR) is 118 cm³/mol. The third kappa shape index (κ3) is 7.79. The Balaban J connectivity index is 2.09. The van der Waals surface area contributed by atoms with Gasteiger partial charge in [-0.3, -0.25) is 9.59 Å². The van der Waals surface area contributed by atoms with E-state index in [9.17, 15) is 14.4 Å². The van der Waals surface area contributed by atoms with Gasteiger partial charge in [0, 0.05) is 6.42 Å². The second-order valence-corrected chi connectivity index (χ2v) is 7.93. The number of benzene rings is 2. The average molecular weight is 410 g/mol. The Hall–Kier alpha value is -2.99. The Labute approximate surface area is 178 Å². The minimum atomic E-state index is -0.823. The molecule has 0 aliphatic carbocycles. The van der Waals surface area contributed by atoms with Gasteiger partial charge in [0.1, 0.15) is 12.3 Å². The van der Waals surface area contributed by atoms with Crippen LogP contribution in [-0.4, -0.2) is 36.2 Å². The van der Waals surface area contributed by atoms with Gasteiger partial charge in [-0.25, -0.2) is 0 Å². The summed E-state index contributed by atoms with van der Waals surface area (Å²) in [6.45, 7) is 3.96. The number of carbonyl (C=O) groups is 3. The van der Waals surface area contributed by atoms with Crippen LogP contribution >= 0.6 is 0 Å². The summed E-state index contributed by atoms with van der Waals surface area (Å²) >= 11 is 0. The largest absolute Gasteiger partial charge is 0.345 e. The van der Waals surface area contributed by atoms with Gasteiger partial charge in [-0.2, -0.15) is 0 Å². The van der Waals surface area contributed by atoms with E-state index < -0.39 is 29.9 Å². The number of nitrogens with one attached hydrogen (secondary N) is 2. The van der Waals surface area contributed by atoms with Crippen LogP contribution in [-0.2, 0) is 27.2 Å². The van der Waals surface area contributed by atoms with Crippen LogP contribution < -0.4 is 16.4 Å². The first kappa shape index (κ1) is 23.3. The van der Waals surface area contributed by atoms with E-state index in [1.807, 2.05) is 74.5 Å². The minimum Gasteiger partial charge on any atom is -0.345 e. The number of carbonyl (C=O) groups excluding carboxylic acids is 3. The molecule has 160 valence electrons. The maximum Gasteiger partial charge on any atom is 0.243 e. The van der Waals surface area contributed by atoms with E-state index >= 15 is 0 Å². The van der Waals surface area contributed by atoms with Gasteiger partial charge >= 0.3 is 0 Å². The van der Waals surface area contributed by atoms with Crippen molar-refractivity contribution in [3.05, 3.63) is 71.8 Å². The minimum absolute atomic E-state index is 0.252. The highest BCUT2D eigenvalue weighted by Gasteiger charge is 2.26. The van der Waals surface area contributed by atoms with Gasteiger partial charge in [0.15, 0.2) is 0 Å². The molecule has 6 nitrogen and oxygen atoms in total. The zero-order valence-corrected chi connectivity index (χ0v) is 17.6. The van der Waals surface area contributed by atoms with Crippen molar-refractivity contribution in [3.8, 4) is 0 Å². The number of nitrogens with two attached hydrogens (primary N) is 1. The van der Waals surface area contributed by atoms with Crippen molar-refractivity contribution in [2.75, 3.05) is 0 Å². The molecule has 0 aromatic heterocycles. The molecule has 0 aliphatic rings. The highest BCUT2D eigenvalue weighted by Crippen LogP contribution is 2.08. The molecule has 0 radical (unpaired) electrons. The Morgan fingerprint density at radius 1 is 0.867 bits per heavy atom. The van der Waals surface area contributed by atoms with E-state index in [-0.39, 0.29) is 5.92 Å². The summed E-state index contributed by atoms with van der Waals surface area (Å²) in [5.74, 6) is -0.541. The van der Waals surface area contributed by atoms with Crippen molar-refractivity contribution in [1.82, 2.24) is 10.6 Å². The number of aldehydes is 1. The van der Waals surface area contributed by atoms with E-state index in [4.69, 9.17) is 5.73 Å². The predicted octanol–water partition coefficient (Wildman–Crippen LogP) is 2.01. The molecule has 2 aromatic rings. The molecule has 0 bridgehead atoms. The monoisotopic (exact) mass is 409 g/mol. The summed E-state index contributed by atoms with van der Waals surface area (Å²) in [5, 5.41) is 5.53. The van der Waals surface area contributed by atoms with Crippen LogP contribution in [0.4, 0.5) is 0 Å². The summed E-state index contributed by atoms with van der Waals surface area (Å²) in [6.07, 6.45) is 1.95. The Bertz CT molecular complexity index is 809. The number of hydrogen-bond donors (Lipinski definition) is 3. The van der Waals surface area contributed by atoms with Gasteiger partial charge < -0.3 is 21.2 Å². The SMILES string of the molecule is CC(C)CC(C=O)NC(=O)[C@@H](Cc1ccccc1)NC(=O)C(N)Cc1ccccc1. The smallest absolute Gasteiger partial charge is 0.243 e. The van der Waals surface area contributed by atoms with Gasteiger partial charge in [0.05, 0.1) is 12.1 Å². The van der Waals surface area contributed by atoms with Crippen molar-refractivity contribution in [2.24, 2.45) is 11.7 Å². The summed E-state index contributed by atoms with van der Waals surface area (Å²) in [4.78, 5) is 37.0. The van der Waals surface area contributed by atoms with E-state index in [2.05, 4.69) is 10.6 Å². The van der Waals surface area contributed by atoms with Crippen molar-refractivity contribution in [1.29, 1.82) is 0 Å². The highest BCUT2D eigenvalue weighted by molar-refractivity contribution is 5.91. The van der Waals surface area contributed by atoms with Gasteiger partial charge in [0.25, 0.3) is 0 Å². The molecule has 2 aromatic carbocycles. The zero-order valence-electron chi connectivity index (χ0n) is 17.6. The third-order valence-electron chi connectivity index (χ3n) is 4.77. The molecule has 0 aliphatic heterocycles. The summed E-state index contributed by atoms with van der Waals surface area (Å²) < 4.78 is 0. The standard InChI is InChI=1S/C24H31N3O3/c1-17(2)13-20(16-28)26-24(30)22(15-19-11-7-4-8-12-19)27-23(29)21(25)14-18-9-5-3-6-10-18/h3-12,16-17,20-22H,13-15,25H2,1-2H3,(H,26,30)(H,27,29)/t20?,21?,22-/m1/s1. The molecule has 0 fully saturated rings. The number of rotatable bonds is 11. The van der Waals surface area contributed by atoms with Crippen LogP contribution in [0.2, 0.25) is 0 Å². The average Bonchev–Trinajstić information content (AvgIpc) is 2.73. The van der Waals surface area contributed by atoms with Crippen LogP contribution in [0, 0.1) is 5.92 Å². The molecule has 30 heavy (non-hydrogen) atoms. The summed E-state index contributed by atoms with van der Waals surface area (Å²) in [6, 6.07) is 16.7. The van der Waals surface area contributed by atoms with Crippen LogP contribution in [0.25, 0.3) is 0 Å². The Morgan fingerprint density at radius 2 is 1.40 bits per heavy atom. The molecule has 3 atom stereocenters. The van der Waals surface area contributed by atoms with E-state index in [1.165, 1.54) is 0 Å². The maximum absolute atomic E-state index is 12.9. The van der Waals surface area contributed by atoms with E-state index in [0.29, 0.717) is 19.3 Å². The lowest BCUT2D eigenvalue weighted by atomic mass is 10.0. The Kier molecular flexibility index (Phi) is 9.22. The molecular formula is C24H31N3O3. The van der Waals surface area contributed by atoms with E-state index in [1.54, 1.807) is 0 Å². The van der Waals surface area contributed by atoms with Gasteiger partial charge in [-0.05, 0) is 29.9 Å². The molecule has 2 rings (SSSR count). The summed E-state index contributed by atoms with van der Waals surface area (Å²) in [7, 11) is 0. The van der Waals surface area contributed by atoms with Crippen LogP contribution in [0.1, 0.15) is 31.4 Å². The molecule has 4 N–H and O–H groups in total. The molecule has 0 spiro atoms. The lowest BCUT2D eigenvalue weighted by Crippen LogP contribution is -2.54. The van der Waals surface area contributed by atoms with Gasteiger partial charge in [-0.1, -0.05) is 74.5 Å². The fourth-order valence-electron chi connectivity index (χ4n) is 3.24. The normalized spacial score (nSPS) is 13.9. The van der Waals surface area contributed by atoms with Crippen molar-refractivity contribution in [2.45, 2.75) is 51.2 Å². The van der Waals surface area contributed by atoms with Crippen molar-refractivity contribution < 1.29 is 14.4 Å². The molecule has 6 heteroatoms. The molecule has 0 saturated heterocycles. The van der Waals surface area contributed by atoms with Gasteiger partial charge in [-0.15, -0.1) is 0 Å². The Morgan fingerprint density at radius 3 is 1.90 bits per heavy atom. The first-order valence-corrected chi connectivity index (χ1v) is 10.3. The zero-order chi connectivity index (χ0) is 21.9. The lowest BCUT2D eigenvalue weighted by molar-refractivity contribution is -0.130. The molecule has 0 saturated carbocycles. The second-order valence-electron chi connectivity index (χ2n) is 7.93. The van der Waals surface area contributed by atoms with Crippen molar-refractivity contribution >= 4 is 18.1 Å². The maximum atomic E-state index is 12.9. The van der Waals surface area contributed by atoms with Crippen LogP contribution in [0.5, 0.6) is 0 Å². The number of amides is 2. The summed E-state index contributed by atoms with van der Waals surface area (Å²) in [5.41, 5.74) is 7.93. The molecular weight excluding hydrogens is 378 g/mol. The second kappa shape index (κ2) is 11.9. The van der Waals surface area contributed by atoms with E-state index in [0.717, 1.165) is 17.4 Å². The lowest BCUT2D eigenvalue weighted by Gasteiger charge is -2.23. The van der Waals surface area contributed by atoms with Crippen LogP contribution in [0.15, 0.2) is 60.7 Å². The topological polar surface area (TPSA) is 101 Å². The third-order valence-corrected chi connectivity index (χ3v) is 4.77.